The summed E-state index contributed by atoms with van der Waals surface area (Å²) >= 11 is 0. The fraction of sp³-hybridized carbons (Fsp3) is 0.455. The van der Waals surface area contributed by atoms with Crippen molar-refractivity contribution in [3.05, 3.63) is 34.9 Å². The van der Waals surface area contributed by atoms with Crippen molar-refractivity contribution < 1.29 is 0 Å². The molecule has 0 radical (unpaired) electrons. The molecule has 0 bridgehead atoms. The van der Waals surface area contributed by atoms with Gasteiger partial charge in [0.1, 0.15) is 0 Å². The number of hydrogen-bond donors (Lipinski definition) is 2. The maximum absolute atomic E-state index is 6.08. The van der Waals surface area contributed by atoms with Crippen molar-refractivity contribution in [2.24, 2.45) is 11.5 Å². The summed E-state index contributed by atoms with van der Waals surface area (Å²) < 4.78 is 0. The maximum Gasteiger partial charge on any atom is 0.0507 e. The Morgan fingerprint density at radius 1 is 1.31 bits per heavy atom. The van der Waals surface area contributed by atoms with Crippen molar-refractivity contribution in [1.82, 2.24) is 0 Å². The Hall–Kier alpha value is -0.860. The molecule has 0 spiro atoms. The number of rotatable bonds is 2. The van der Waals surface area contributed by atoms with Crippen LogP contribution in [0, 0.1) is 13.8 Å². The number of nitrogens with two attached hydrogens (primary N) is 2. The Kier molecular flexibility index (Phi) is 2.74. The van der Waals surface area contributed by atoms with E-state index in [0.29, 0.717) is 6.54 Å². The molecule has 1 rings (SSSR count). The molecule has 1 aromatic carbocycles. The third-order valence-corrected chi connectivity index (χ3v) is 2.43. The summed E-state index contributed by atoms with van der Waals surface area (Å²) in [6.07, 6.45) is 0. The fourth-order valence-electron chi connectivity index (χ4n) is 1.46. The second-order valence-corrected chi connectivity index (χ2v) is 3.94. The first-order chi connectivity index (χ1) is 5.97. The average Bonchev–Trinajstić information content (AvgIpc) is 2.09. The Balaban J connectivity index is 3.20. The van der Waals surface area contributed by atoms with Gasteiger partial charge in [0.05, 0.1) is 5.54 Å². The van der Waals surface area contributed by atoms with Crippen molar-refractivity contribution in [3.63, 3.8) is 0 Å². The summed E-state index contributed by atoms with van der Waals surface area (Å²) in [7, 11) is 0. The van der Waals surface area contributed by atoms with E-state index in [-0.39, 0.29) is 0 Å². The van der Waals surface area contributed by atoms with Crippen LogP contribution in [0.5, 0.6) is 0 Å². The minimum atomic E-state index is -0.407. The van der Waals surface area contributed by atoms with Crippen LogP contribution >= 0.6 is 0 Å². The highest BCUT2D eigenvalue weighted by Crippen LogP contribution is 2.21. The molecule has 1 aromatic rings. The minimum absolute atomic E-state index is 0.407. The quantitative estimate of drug-likeness (QED) is 0.720. The molecule has 0 amide bonds. The molecule has 0 saturated carbocycles. The zero-order valence-corrected chi connectivity index (χ0v) is 8.59. The fourth-order valence-corrected chi connectivity index (χ4v) is 1.46. The predicted octanol–water partition coefficient (Wildman–Crippen LogP) is 1.44. The van der Waals surface area contributed by atoms with E-state index in [1.807, 2.05) is 6.92 Å². The molecule has 0 fully saturated rings. The summed E-state index contributed by atoms with van der Waals surface area (Å²) in [5.74, 6) is 0. The van der Waals surface area contributed by atoms with Gasteiger partial charge in [0.25, 0.3) is 0 Å². The molecule has 0 aliphatic carbocycles. The molecule has 4 N–H and O–H groups in total. The third-order valence-electron chi connectivity index (χ3n) is 2.43. The molecule has 0 aliphatic rings. The van der Waals surface area contributed by atoms with Crippen LogP contribution in [-0.2, 0) is 5.54 Å². The van der Waals surface area contributed by atoms with Crippen LogP contribution in [0.15, 0.2) is 18.2 Å². The number of aryl methyl sites for hydroxylation is 2. The van der Waals surface area contributed by atoms with Crippen molar-refractivity contribution in [2.45, 2.75) is 26.3 Å². The lowest BCUT2D eigenvalue weighted by molar-refractivity contribution is 0.504. The van der Waals surface area contributed by atoms with E-state index in [0.717, 1.165) is 5.56 Å². The van der Waals surface area contributed by atoms with Gasteiger partial charge in [-0.15, -0.1) is 0 Å². The van der Waals surface area contributed by atoms with Gasteiger partial charge in [0.15, 0.2) is 0 Å². The highest BCUT2D eigenvalue weighted by Gasteiger charge is 2.20. The van der Waals surface area contributed by atoms with Crippen LogP contribution in [0.25, 0.3) is 0 Å². The predicted molar refractivity (Wildman–Crippen MR) is 56.5 cm³/mol. The van der Waals surface area contributed by atoms with Crippen molar-refractivity contribution >= 4 is 0 Å². The first-order valence-corrected chi connectivity index (χ1v) is 4.54. The zero-order valence-electron chi connectivity index (χ0n) is 8.59. The SMILES string of the molecule is Cc1ccc(C)c(C(C)(N)CN)c1. The van der Waals surface area contributed by atoms with Gasteiger partial charge in [0.2, 0.25) is 0 Å². The molecule has 0 aromatic heterocycles. The van der Waals surface area contributed by atoms with Gasteiger partial charge in [-0.25, -0.2) is 0 Å². The van der Waals surface area contributed by atoms with E-state index in [4.69, 9.17) is 11.5 Å². The summed E-state index contributed by atoms with van der Waals surface area (Å²) in [6, 6.07) is 6.29. The van der Waals surface area contributed by atoms with Crippen molar-refractivity contribution in [3.8, 4) is 0 Å². The van der Waals surface area contributed by atoms with Gasteiger partial charge >= 0.3 is 0 Å². The lowest BCUT2D eigenvalue weighted by atomic mass is 9.88. The number of hydrogen-bond acceptors (Lipinski definition) is 2. The minimum Gasteiger partial charge on any atom is -0.328 e. The van der Waals surface area contributed by atoms with Gasteiger partial charge in [-0.3, -0.25) is 0 Å². The first-order valence-electron chi connectivity index (χ1n) is 4.54. The van der Waals surface area contributed by atoms with Gasteiger partial charge in [-0.1, -0.05) is 23.8 Å². The molecule has 13 heavy (non-hydrogen) atoms. The topological polar surface area (TPSA) is 52.0 Å². The summed E-state index contributed by atoms with van der Waals surface area (Å²) in [5, 5.41) is 0. The van der Waals surface area contributed by atoms with Gasteiger partial charge in [-0.2, -0.15) is 0 Å². The molecule has 1 atom stereocenters. The molecule has 2 nitrogen and oxygen atoms in total. The summed E-state index contributed by atoms with van der Waals surface area (Å²) in [6.45, 7) is 6.57. The van der Waals surface area contributed by atoms with E-state index in [1.54, 1.807) is 0 Å². The lowest BCUT2D eigenvalue weighted by Gasteiger charge is -2.25. The van der Waals surface area contributed by atoms with Crippen molar-refractivity contribution in [1.29, 1.82) is 0 Å². The first kappa shape index (κ1) is 10.2. The van der Waals surface area contributed by atoms with Crippen LogP contribution in [-0.4, -0.2) is 6.54 Å². The molecule has 2 heteroatoms. The van der Waals surface area contributed by atoms with Crippen LogP contribution in [0.1, 0.15) is 23.6 Å². The lowest BCUT2D eigenvalue weighted by Crippen LogP contribution is -2.41. The molecular formula is C11H18N2. The third kappa shape index (κ3) is 2.08. The van der Waals surface area contributed by atoms with Gasteiger partial charge in [0, 0.05) is 6.54 Å². The van der Waals surface area contributed by atoms with E-state index < -0.39 is 5.54 Å². The Morgan fingerprint density at radius 2 is 1.92 bits per heavy atom. The molecule has 0 saturated heterocycles. The standard InChI is InChI=1S/C11H18N2/c1-8-4-5-9(2)10(6-8)11(3,13)7-12/h4-6H,7,12-13H2,1-3H3. The van der Waals surface area contributed by atoms with E-state index in [9.17, 15) is 0 Å². The largest absolute Gasteiger partial charge is 0.328 e. The van der Waals surface area contributed by atoms with Gasteiger partial charge < -0.3 is 11.5 Å². The van der Waals surface area contributed by atoms with Crippen LogP contribution in [0.2, 0.25) is 0 Å². The molecular weight excluding hydrogens is 160 g/mol. The van der Waals surface area contributed by atoms with E-state index in [1.165, 1.54) is 11.1 Å². The van der Waals surface area contributed by atoms with Crippen LogP contribution in [0.4, 0.5) is 0 Å². The van der Waals surface area contributed by atoms with Gasteiger partial charge in [-0.05, 0) is 31.9 Å². The van der Waals surface area contributed by atoms with Crippen LogP contribution < -0.4 is 11.5 Å². The highest BCUT2D eigenvalue weighted by atomic mass is 14.8. The Morgan fingerprint density at radius 3 is 2.46 bits per heavy atom. The smallest absolute Gasteiger partial charge is 0.0507 e. The Bertz CT molecular complexity index is 303. The molecule has 0 aliphatic heterocycles. The molecule has 0 heterocycles. The average molecular weight is 178 g/mol. The van der Waals surface area contributed by atoms with E-state index >= 15 is 0 Å². The van der Waals surface area contributed by atoms with Crippen LogP contribution in [0.3, 0.4) is 0 Å². The maximum atomic E-state index is 6.08. The molecule has 72 valence electrons. The molecule has 1 unspecified atom stereocenters. The summed E-state index contributed by atoms with van der Waals surface area (Å²) in [5.41, 5.74) is 14.9. The normalized spacial score (nSPS) is 15.5. The summed E-state index contributed by atoms with van der Waals surface area (Å²) in [4.78, 5) is 0. The van der Waals surface area contributed by atoms with Crippen molar-refractivity contribution in [2.75, 3.05) is 6.54 Å². The van der Waals surface area contributed by atoms with E-state index in [2.05, 4.69) is 32.0 Å². The second-order valence-electron chi connectivity index (χ2n) is 3.94. The second kappa shape index (κ2) is 3.48. The Labute approximate surface area is 79.9 Å². The monoisotopic (exact) mass is 178 g/mol. The number of benzene rings is 1. The highest BCUT2D eigenvalue weighted by molar-refractivity contribution is 5.35. The zero-order chi connectivity index (χ0) is 10.1.